The van der Waals surface area contributed by atoms with Crippen LogP contribution in [0.15, 0.2) is 24.4 Å². The zero-order chi connectivity index (χ0) is 14.0. The summed E-state index contributed by atoms with van der Waals surface area (Å²) in [6.45, 7) is 6.14. The summed E-state index contributed by atoms with van der Waals surface area (Å²) in [7, 11) is 1.98. The smallest absolute Gasteiger partial charge is 0.229 e. The lowest BCUT2D eigenvalue weighted by Gasteiger charge is -2.20. The summed E-state index contributed by atoms with van der Waals surface area (Å²) in [6.07, 6.45) is 1.80. The standard InChI is InChI=1S/C15H18ClN3/c1-10-5-6-14(11(2)7-10)19(4)15-17-9-13(8-16)12(3)18-15/h5-7,9H,8H2,1-4H3. The lowest BCUT2D eigenvalue weighted by atomic mass is 10.1. The molecule has 1 heterocycles. The van der Waals surface area contributed by atoms with Crippen molar-refractivity contribution in [2.45, 2.75) is 26.7 Å². The van der Waals surface area contributed by atoms with Crippen molar-refractivity contribution in [1.29, 1.82) is 0 Å². The second-order valence-corrected chi connectivity index (χ2v) is 5.03. The number of hydrogen-bond donors (Lipinski definition) is 0. The van der Waals surface area contributed by atoms with Gasteiger partial charge in [-0.25, -0.2) is 9.97 Å². The number of aryl methyl sites for hydroxylation is 3. The van der Waals surface area contributed by atoms with E-state index < -0.39 is 0 Å². The zero-order valence-electron chi connectivity index (χ0n) is 11.7. The predicted molar refractivity (Wildman–Crippen MR) is 80.3 cm³/mol. The first kappa shape index (κ1) is 13.8. The monoisotopic (exact) mass is 275 g/mol. The molecule has 0 aliphatic carbocycles. The topological polar surface area (TPSA) is 29.0 Å². The molecular weight excluding hydrogens is 258 g/mol. The van der Waals surface area contributed by atoms with Gasteiger partial charge in [0.2, 0.25) is 5.95 Å². The first-order chi connectivity index (χ1) is 9.02. The molecule has 2 aromatic rings. The number of benzene rings is 1. The zero-order valence-corrected chi connectivity index (χ0v) is 12.5. The van der Waals surface area contributed by atoms with Crippen LogP contribution < -0.4 is 4.90 Å². The van der Waals surface area contributed by atoms with E-state index in [1.54, 1.807) is 6.20 Å². The minimum absolute atomic E-state index is 0.444. The van der Waals surface area contributed by atoms with E-state index in [1.165, 1.54) is 11.1 Å². The van der Waals surface area contributed by atoms with E-state index >= 15 is 0 Å². The Morgan fingerprint density at radius 2 is 1.95 bits per heavy atom. The van der Waals surface area contributed by atoms with E-state index in [0.29, 0.717) is 11.8 Å². The van der Waals surface area contributed by atoms with Crippen molar-refractivity contribution in [2.75, 3.05) is 11.9 Å². The number of rotatable bonds is 3. The molecular formula is C15H18ClN3. The molecule has 0 N–H and O–H groups in total. The molecule has 0 radical (unpaired) electrons. The number of nitrogens with zero attached hydrogens (tertiary/aromatic N) is 3. The highest BCUT2D eigenvalue weighted by molar-refractivity contribution is 6.17. The van der Waals surface area contributed by atoms with E-state index in [-0.39, 0.29) is 0 Å². The minimum Gasteiger partial charge on any atom is -0.313 e. The summed E-state index contributed by atoms with van der Waals surface area (Å²) in [5, 5.41) is 0. The summed E-state index contributed by atoms with van der Waals surface area (Å²) >= 11 is 5.83. The number of halogens is 1. The summed E-state index contributed by atoms with van der Waals surface area (Å²) in [4.78, 5) is 10.9. The third-order valence-electron chi connectivity index (χ3n) is 3.23. The Morgan fingerprint density at radius 1 is 1.21 bits per heavy atom. The van der Waals surface area contributed by atoms with Crippen LogP contribution in [0.1, 0.15) is 22.4 Å². The van der Waals surface area contributed by atoms with Crippen molar-refractivity contribution >= 4 is 23.2 Å². The molecule has 4 heteroatoms. The molecule has 1 aromatic heterocycles. The molecule has 3 nitrogen and oxygen atoms in total. The van der Waals surface area contributed by atoms with Gasteiger partial charge in [-0.2, -0.15) is 0 Å². The van der Waals surface area contributed by atoms with Gasteiger partial charge in [0.1, 0.15) is 0 Å². The van der Waals surface area contributed by atoms with Gasteiger partial charge in [-0.05, 0) is 32.4 Å². The van der Waals surface area contributed by atoms with Crippen LogP contribution in [0.2, 0.25) is 0 Å². The molecule has 0 saturated carbocycles. The third kappa shape index (κ3) is 2.87. The Morgan fingerprint density at radius 3 is 2.53 bits per heavy atom. The van der Waals surface area contributed by atoms with E-state index in [4.69, 9.17) is 11.6 Å². The van der Waals surface area contributed by atoms with Crippen LogP contribution in [-0.4, -0.2) is 17.0 Å². The minimum atomic E-state index is 0.444. The molecule has 100 valence electrons. The van der Waals surface area contributed by atoms with Crippen LogP contribution in [0.5, 0.6) is 0 Å². The quantitative estimate of drug-likeness (QED) is 0.796. The van der Waals surface area contributed by atoms with Gasteiger partial charge >= 0.3 is 0 Å². The average Bonchev–Trinajstić information content (AvgIpc) is 2.38. The molecule has 0 bridgehead atoms. The number of anilines is 2. The van der Waals surface area contributed by atoms with E-state index in [9.17, 15) is 0 Å². The Bertz CT molecular complexity index is 596. The Hall–Kier alpha value is -1.61. The Balaban J connectivity index is 2.38. The Kier molecular flexibility index (Phi) is 4.05. The van der Waals surface area contributed by atoms with Crippen molar-refractivity contribution < 1.29 is 0 Å². The normalized spacial score (nSPS) is 10.6. The number of hydrogen-bond acceptors (Lipinski definition) is 3. The fourth-order valence-electron chi connectivity index (χ4n) is 2.06. The third-order valence-corrected chi connectivity index (χ3v) is 3.51. The average molecular weight is 276 g/mol. The Labute approximate surface area is 119 Å². The maximum absolute atomic E-state index is 5.83. The van der Waals surface area contributed by atoms with Gasteiger partial charge in [0, 0.05) is 30.2 Å². The van der Waals surface area contributed by atoms with E-state index in [2.05, 4.69) is 42.0 Å². The number of aromatic nitrogens is 2. The maximum Gasteiger partial charge on any atom is 0.229 e. The van der Waals surface area contributed by atoms with Crippen molar-refractivity contribution in [3.63, 3.8) is 0 Å². The second kappa shape index (κ2) is 5.57. The summed E-state index contributed by atoms with van der Waals surface area (Å²) in [6, 6.07) is 6.35. The number of alkyl halides is 1. The fraction of sp³-hybridized carbons (Fsp3) is 0.333. The van der Waals surface area contributed by atoms with Crippen LogP contribution in [0, 0.1) is 20.8 Å². The van der Waals surface area contributed by atoms with Crippen molar-refractivity contribution in [1.82, 2.24) is 9.97 Å². The van der Waals surface area contributed by atoms with Crippen LogP contribution in [0.4, 0.5) is 11.6 Å². The lowest BCUT2D eigenvalue weighted by Crippen LogP contribution is -2.15. The molecule has 0 amide bonds. The molecule has 2 rings (SSSR count). The molecule has 0 atom stereocenters. The van der Waals surface area contributed by atoms with Gasteiger partial charge in [-0.3, -0.25) is 0 Å². The molecule has 0 unspecified atom stereocenters. The highest BCUT2D eigenvalue weighted by atomic mass is 35.5. The van der Waals surface area contributed by atoms with Crippen molar-refractivity contribution in [2.24, 2.45) is 0 Å². The molecule has 0 aliphatic rings. The summed E-state index contributed by atoms with van der Waals surface area (Å²) in [5.74, 6) is 1.14. The fourth-order valence-corrected chi connectivity index (χ4v) is 2.32. The highest BCUT2D eigenvalue weighted by Crippen LogP contribution is 2.25. The molecule has 0 aliphatic heterocycles. The molecule has 0 fully saturated rings. The van der Waals surface area contributed by atoms with Gasteiger partial charge in [0.15, 0.2) is 0 Å². The summed E-state index contributed by atoms with van der Waals surface area (Å²) in [5.41, 5.74) is 5.48. The van der Waals surface area contributed by atoms with Gasteiger partial charge in [0.05, 0.1) is 5.88 Å². The van der Waals surface area contributed by atoms with Gasteiger partial charge in [-0.1, -0.05) is 17.7 Å². The maximum atomic E-state index is 5.83. The molecule has 0 spiro atoms. The SMILES string of the molecule is Cc1ccc(N(C)c2ncc(CCl)c(C)n2)c(C)c1. The predicted octanol–water partition coefficient (Wildman–Crippen LogP) is 3.91. The molecule has 1 aromatic carbocycles. The van der Waals surface area contributed by atoms with Gasteiger partial charge in [0.25, 0.3) is 0 Å². The second-order valence-electron chi connectivity index (χ2n) is 4.76. The van der Waals surface area contributed by atoms with Gasteiger partial charge < -0.3 is 4.90 Å². The van der Waals surface area contributed by atoms with Crippen LogP contribution in [-0.2, 0) is 5.88 Å². The highest BCUT2D eigenvalue weighted by Gasteiger charge is 2.11. The summed E-state index contributed by atoms with van der Waals surface area (Å²) < 4.78 is 0. The van der Waals surface area contributed by atoms with E-state index in [1.807, 2.05) is 18.9 Å². The largest absolute Gasteiger partial charge is 0.313 e. The van der Waals surface area contributed by atoms with Gasteiger partial charge in [-0.15, -0.1) is 11.6 Å². The van der Waals surface area contributed by atoms with Crippen molar-refractivity contribution in [3.8, 4) is 0 Å². The van der Waals surface area contributed by atoms with Crippen LogP contribution >= 0.6 is 11.6 Å². The van der Waals surface area contributed by atoms with Crippen LogP contribution in [0.3, 0.4) is 0 Å². The van der Waals surface area contributed by atoms with E-state index in [0.717, 1.165) is 16.9 Å². The van der Waals surface area contributed by atoms with Crippen molar-refractivity contribution in [3.05, 3.63) is 46.8 Å². The lowest BCUT2D eigenvalue weighted by molar-refractivity contribution is 0.985. The first-order valence-electron chi connectivity index (χ1n) is 6.22. The molecule has 0 saturated heterocycles. The first-order valence-corrected chi connectivity index (χ1v) is 6.76. The molecule has 19 heavy (non-hydrogen) atoms. The van der Waals surface area contributed by atoms with Crippen LogP contribution in [0.25, 0.3) is 0 Å².